The summed E-state index contributed by atoms with van der Waals surface area (Å²) in [6, 6.07) is 13.8. The van der Waals surface area contributed by atoms with E-state index in [0.29, 0.717) is 23.1 Å². The van der Waals surface area contributed by atoms with Crippen molar-refractivity contribution in [2.45, 2.75) is 32.2 Å². The number of anilines is 2. The smallest absolute Gasteiger partial charge is 0.264 e. The van der Waals surface area contributed by atoms with Crippen LogP contribution < -0.4 is 25.0 Å². The first-order chi connectivity index (χ1) is 14.0. The number of hydrogen-bond donors (Lipinski definition) is 2. The van der Waals surface area contributed by atoms with Crippen LogP contribution in [0.1, 0.15) is 36.5 Å². The molecule has 1 amide bonds. The van der Waals surface area contributed by atoms with Gasteiger partial charge in [0.05, 0.1) is 14.2 Å². The molecule has 0 bridgehead atoms. The number of ether oxygens (including phenoxy) is 2. The fraction of sp³-hybridized carbons (Fsp3) is 0.364. The average Bonchev–Trinajstić information content (AvgIpc) is 2.74. The van der Waals surface area contributed by atoms with E-state index in [1.807, 2.05) is 12.1 Å². The highest BCUT2D eigenvalue weighted by atomic mass is 32.1. The molecule has 0 spiro atoms. The second kappa shape index (κ2) is 9.60. The van der Waals surface area contributed by atoms with Crippen LogP contribution in [0.5, 0.6) is 11.5 Å². The molecule has 1 heterocycles. The molecule has 0 aromatic heterocycles. The maximum Gasteiger partial charge on any atom is 0.264 e. The summed E-state index contributed by atoms with van der Waals surface area (Å²) >= 11 is 5.31. The molecule has 2 aromatic rings. The summed E-state index contributed by atoms with van der Waals surface area (Å²) in [6.45, 7) is 3.35. The van der Waals surface area contributed by atoms with Crippen molar-refractivity contribution >= 4 is 34.6 Å². The molecule has 0 radical (unpaired) electrons. The number of carbonyl (C=O) groups excluding carboxylic acids is 1. The number of thiocarbonyl (C=S) groups is 1. The zero-order valence-electron chi connectivity index (χ0n) is 17.0. The largest absolute Gasteiger partial charge is 0.496 e. The van der Waals surface area contributed by atoms with Crippen LogP contribution in [-0.4, -0.2) is 37.8 Å². The molecule has 2 aromatic carbocycles. The number of benzene rings is 2. The van der Waals surface area contributed by atoms with E-state index in [0.717, 1.165) is 12.2 Å². The first-order valence-corrected chi connectivity index (χ1v) is 10.1. The van der Waals surface area contributed by atoms with E-state index in [2.05, 4.69) is 34.6 Å². The second-order valence-corrected chi connectivity index (χ2v) is 7.44. The zero-order valence-corrected chi connectivity index (χ0v) is 17.8. The van der Waals surface area contributed by atoms with Crippen LogP contribution in [0.25, 0.3) is 0 Å². The highest BCUT2D eigenvalue weighted by molar-refractivity contribution is 7.80. The van der Waals surface area contributed by atoms with E-state index in [1.54, 1.807) is 18.2 Å². The molecule has 6 nitrogen and oxygen atoms in total. The molecule has 1 aliphatic rings. The van der Waals surface area contributed by atoms with Gasteiger partial charge in [0.1, 0.15) is 17.1 Å². The van der Waals surface area contributed by atoms with Gasteiger partial charge in [0.15, 0.2) is 5.11 Å². The molecule has 1 saturated heterocycles. The predicted octanol–water partition coefficient (Wildman–Crippen LogP) is 4.21. The van der Waals surface area contributed by atoms with Crippen molar-refractivity contribution in [3.63, 3.8) is 0 Å². The lowest BCUT2D eigenvalue weighted by molar-refractivity contribution is 0.0971. The third kappa shape index (κ3) is 4.98. The summed E-state index contributed by atoms with van der Waals surface area (Å²) in [4.78, 5) is 15.1. The molecule has 154 valence electrons. The number of methoxy groups -OCH3 is 2. The monoisotopic (exact) mass is 413 g/mol. The minimum atomic E-state index is -0.393. The topological polar surface area (TPSA) is 62.8 Å². The lowest BCUT2D eigenvalue weighted by Gasteiger charge is -2.35. The summed E-state index contributed by atoms with van der Waals surface area (Å²) in [6.07, 6.45) is 3.75. The molecule has 1 unspecified atom stereocenters. The summed E-state index contributed by atoms with van der Waals surface area (Å²) in [5, 5.41) is 5.96. The Morgan fingerprint density at radius 2 is 1.72 bits per heavy atom. The fourth-order valence-electron chi connectivity index (χ4n) is 3.62. The molecular formula is C22H27N3O3S. The lowest BCUT2D eigenvalue weighted by Crippen LogP contribution is -2.37. The van der Waals surface area contributed by atoms with E-state index in [4.69, 9.17) is 21.7 Å². The Morgan fingerprint density at radius 1 is 1.07 bits per heavy atom. The highest BCUT2D eigenvalue weighted by Gasteiger charge is 2.20. The molecular weight excluding hydrogens is 386 g/mol. The number of hydrogen-bond acceptors (Lipinski definition) is 5. The molecule has 1 atom stereocenters. The molecule has 2 N–H and O–H groups in total. The standard InChI is InChI=1S/C22H27N3O3S/c1-15-7-4-5-14-25(15)17-12-10-16(11-13-17)23-22(29)24-21(26)20-18(27-2)8-6-9-19(20)28-3/h6,8-13,15H,4-5,7,14H2,1-3H3,(H2,23,24,26,29). The minimum Gasteiger partial charge on any atom is -0.496 e. The lowest BCUT2D eigenvalue weighted by atomic mass is 10.0. The minimum absolute atomic E-state index is 0.210. The fourth-order valence-corrected chi connectivity index (χ4v) is 3.83. The Balaban J connectivity index is 1.64. The zero-order chi connectivity index (χ0) is 20.8. The summed E-state index contributed by atoms with van der Waals surface area (Å²) in [5.41, 5.74) is 2.32. The van der Waals surface area contributed by atoms with Crippen molar-refractivity contribution in [2.24, 2.45) is 0 Å². The number of rotatable bonds is 5. The molecule has 3 rings (SSSR count). The van der Waals surface area contributed by atoms with Crippen LogP contribution in [0.2, 0.25) is 0 Å². The SMILES string of the molecule is COc1cccc(OC)c1C(=O)NC(=S)Nc1ccc(N2CCCCC2C)cc1. The van der Waals surface area contributed by atoms with Gasteiger partial charge in [-0.1, -0.05) is 6.07 Å². The maximum atomic E-state index is 12.7. The quantitative estimate of drug-likeness (QED) is 0.716. The van der Waals surface area contributed by atoms with E-state index < -0.39 is 5.91 Å². The Kier molecular flexibility index (Phi) is 6.93. The number of carbonyl (C=O) groups is 1. The van der Waals surface area contributed by atoms with Crippen molar-refractivity contribution in [3.8, 4) is 11.5 Å². The Bertz CT molecular complexity index is 848. The van der Waals surface area contributed by atoms with Gasteiger partial charge < -0.3 is 19.7 Å². The van der Waals surface area contributed by atoms with E-state index in [1.165, 1.54) is 39.2 Å². The molecule has 0 aliphatic carbocycles. The van der Waals surface area contributed by atoms with Gasteiger partial charge in [-0.05, 0) is 74.8 Å². The van der Waals surface area contributed by atoms with Gasteiger partial charge in [-0.25, -0.2) is 0 Å². The van der Waals surface area contributed by atoms with Crippen molar-refractivity contribution in [2.75, 3.05) is 31.0 Å². The number of nitrogens with one attached hydrogen (secondary N) is 2. The van der Waals surface area contributed by atoms with Crippen LogP contribution in [0.3, 0.4) is 0 Å². The van der Waals surface area contributed by atoms with Gasteiger partial charge in [-0.2, -0.15) is 0 Å². The molecule has 1 fully saturated rings. The van der Waals surface area contributed by atoms with Gasteiger partial charge in [-0.3, -0.25) is 10.1 Å². The second-order valence-electron chi connectivity index (χ2n) is 7.03. The van der Waals surface area contributed by atoms with E-state index >= 15 is 0 Å². The molecule has 29 heavy (non-hydrogen) atoms. The van der Waals surface area contributed by atoms with Crippen LogP contribution >= 0.6 is 12.2 Å². The first-order valence-electron chi connectivity index (χ1n) is 9.73. The summed E-state index contributed by atoms with van der Waals surface area (Å²) in [5.74, 6) is 0.449. The molecule has 7 heteroatoms. The van der Waals surface area contributed by atoms with Crippen molar-refractivity contribution < 1.29 is 14.3 Å². The van der Waals surface area contributed by atoms with Gasteiger partial charge in [0, 0.05) is 24.0 Å². The number of piperidine rings is 1. The predicted molar refractivity (Wildman–Crippen MR) is 120 cm³/mol. The van der Waals surface area contributed by atoms with E-state index in [-0.39, 0.29) is 5.11 Å². The third-order valence-corrected chi connectivity index (χ3v) is 5.35. The van der Waals surface area contributed by atoms with Crippen molar-refractivity contribution in [1.29, 1.82) is 0 Å². The normalized spacial score (nSPS) is 16.1. The molecule has 0 saturated carbocycles. The van der Waals surface area contributed by atoms with Gasteiger partial charge in [0.25, 0.3) is 5.91 Å². The first kappa shape index (κ1) is 20.9. The van der Waals surface area contributed by atoms with Crippen LogP contribution in [0.15, 0.2) is 42.5 Å². The third-order valence-electron chi connectivity index (χ3n) is 5.14. The number of nitrogens with zero attached hydrogens (tertiary/aromatic N) is 1. The Hall–Kier alpha value is -2.80. The molecule has 1 aliphatic heterocycles. The summed E-state index contributed by atoms with van der Waals surface area (Å²) in [7, 11) is 3.01. The van der Waals surface area contributed by atoms with Gasteiger partial charge >= 0.3 is 0 Å². The van der Waals surface area contributed by atoms with Gasteiger partial charge in [0.2, 0.25) is 0 Å². The van der Waals surface area contributed by atoms with Crippen LogP contribution in [0, 0.1) is 0 Å². The summed E-state index contributed by atoms with van der Waals surface area (Å²) < 4.78 is 10.6. The van der Waals surface area contributed by atoms with E-state index in [9.17, 15) is 4.79 Å². The Labute approximate surface area is 177 Å². The maximum absolute atomic E-state index is 12.7. The van der Waals surface area contributed by atoms with Crippen molar-refractivity contribution in [3.05, 3.63) is 48.0 Å². The highest BCUT2D eigenvalue weighted by Crippen LogP contribution is 2.28. The van der Waals surface area contributed by atoms with Crippen LogP contribution in [0.4, 0.5) is 11.4 Å². The van der Waals surface area contributed by atoms with Crippen molar-refractivity contribution in [1.82, 2.24) is 5.32 Å². The average molecular weight is 414 g/mol. The van der Waals surface area contributed by atoms with Gasteiger partial charge in [-0.15, -0.1) is 0 Å². The Morgan fingerprint density at radius 3 is 2.31 bits per heavy atom. The number of amides is 1. The van der Waals surface area contributed by atoms with Crippen LogP contribution in [-0.2, 0) is 0 Å².